The van der Waals surface area contributed by atoms with Crippen LogP contribution in [0.25, 0.3) is 0 Å². The van der Waals surface area contributed by atoms with Crippen LogP contribution in [0.4, 0.5) is 0 Å². The van der Waals surface area contributed by atoms with E-state index >= 15 is 0 Å². The number of hydrogen-bond acceptors (Lipinski definition) is 3. The van der Waals surface area contributed by atoms with Crippen molar-refractivity contribution < 1.29 is 31.7 Å². The number of methoxy groups -OCH3 is 1. The summed E-state index contributed by atoms with van der Waals surface area (Å²) in [6.45, 7) is 1.40. The van der Waals surface area contributed by atoms with Gasteiger partial charge in [-0.25, -0.2) is 4.79 Å². The van der Waals surface area contributed by atoms with Crippen LogP contribution in [0, 0.1) is 0 Å². The van der Waals surface area contributed by atoms with E-state index in [-0.39, 0.29) is 22.8 Å². The number of ether oxygens (including phenoxy) is 1. The monoisotopic (exact) mass is 179 g/mol. The molecule has 0 aromatic rings. The second-order valence-electron chi connectivity index (χ2n) is 1.31. The van der Waals surface area contributed by atoms with Gasteiger partial charge in [0.1, 0.15) is 0 Å². The summed E-state index contributed by atoms with van der Waals surface area (Å²) in [6, 6.07) is 0. The number of hydrogen-bond donors (Lipinski definition) is 1. The van der Waals surface area contributed by atoms with Crippen molar-refractivity contribution in [1.82, 2.24) is 0 Å². The van der Waals surface area contributed by atoms with E-state index < -0.39 is 5.97 Å². The van der Waals surface area contributed by atoms with E-state index in [0.29, 0.717) is 0 Å². The molecule has 0 rings (SSSR count). The Kier molecular flexibility index (Phi) is 7.14. The number of esters is 1. The quantitative estimate of drug-likeness (QED) is 0.278. The minimum Gasteiger partial charge on any atom is -0.512 e. The largest absolute Gasteiger partial charge is 0.512 e. The van der Waals surface area contributed by atoms with Crippen molar-refractivity contribution in [3.63, 3.8) is 0 Å². The van der Waals surface area contributed by atoms with Gasteiger partial charge < -0.3 is 9.84 Å². The molecule has 0 spiro atoms. The molecule has 0 saturated heterocycles. The third kappa shape index (κ3) is 7.53. The summed E-state index contributed by atoms with van der Waals surface area (Å²) >= 11 is 0. The normalized spacial score (nSPS) is 9.78. The molecule has 0 fully saturated rings. The van der Waals surface area contributed by atoms with Crippen LogP contribution in [0.15, 0.2) is 11.8 Å². The molecule has 0 bridgehead atoms. The Labute approximate surface area is 64.2 Å². The van der Waals surface area contributed by atoms with Gasteiger partial charge in [0.15, 0.2) is 0 Å². The third-order valence-electron chi connectivity index (χ3n) is 0.528. The SMILES string of the molecule is COC(=O)/C=C(/C)O.[Cu]. The van der Waals surface area contributed by atoms with Crippen molar-refractivity contribution in [2.24, 2.45) is 0 Å². The summed E-state index contributed by atoms with van der Waals surface area (Å²) in [6.07, 6.45) is 1.00. The zero-order valence-corrected chi connectivity index (χ0v) is 6.08. The second kappa shape index (κ2) is 5.66. The number of aliphatic hydroxyl groups excluding tert-OH is 1. The molecule has 0 saturated carbocycles. The van der Waals surface area contributed by atoms with Gasteiger partial charge in [-0.05, 0) is 6.92 Å². The second-order valence-corrected chi connectivity index (χ2v) is 1.31. The molecule has 0 heterocycles. The van der Waals surface area contributed by atoms with Crippen molar-refractivity contribution in [1.29, 1.82) is 0 Å². The molecular formula is C5H8CuO3. The van der Waals surface area contributed by atoms with Gasteiger partial charge in [-0.15, -0.1) is 0 Å². The summed E-state index contributed by atoms with van der Waals surface area (Å²) in [4.78, 5) is 10.2. The van der Waals surface area contributed by atoms with Gasteiger partial charge in [0.2, 0.25) is 0 Å². The minimum atomic E-state index is -0.537. The first-order valence-corrected chi connectivity index (χ1v) is 2.12. The average Bonchev–Trinajstić information content (AvgIpc) is 1.65. The van der Waals surface area contributed by atoms with E-state index in [2.05, 4.69) is 4.74 Å². The number of rotatable bonds is 1. The van der Waals surface area contributed by atoms with E-state index in [9.17, 15) is 4.79 Å². The van der Waals surface area contributed by atoms with Crippen LogP contribution < -0.4 is 0 Å². The number of aliphatic hydroxyl groups is 1. The molecule has 4 heteroatoms. The van der Waals surface area contributed by atoms with Crippen molar-refractivity contribution in [3.8, 4) is 0 Å². The Hall–Kier alpha value is -0.471. The van der Waals surface area contributed by atoms with Gasteiger partial charge in [-0.1, -0.05) is 0 Å². The van der Waals surface area contributed by atoms with Crippen LogP contribution in [-0.4, -0.2) is 18.2 Å². The Morgan fingerprint density at radius 3 is 2.22 bits per heavy atom. The topological polar surface area (TPSA) is 46.5 Å². The van der Waals surface area contributed by atoms with Crippen LogP contribution >= 0.6 is 0 Å². The summed E-state index contributed by atoms with van der Waals surface area (Å²) in [7, 11) is 1.25. The van der Waals surface area contributed by atoms with Gasteiger partial charge in [0, 0.05) is 17.1 Å². The first-order valence-electron chi connectivity index (χ1n) is 2.12. The first-order chi connectivity index (χ1) is 3.66. The van der Waals surface area contributed by atoms with E-state index in [1.54, 1.807) is 0 Å². The van der Waals surface area contributed by atoms with Crippen LogP contribution in [-0.2, 0) is 26.6 Å². The molecular weight excluding hydrogens is 172 g/mol. The molecule has 0 aromatic heterocycles. The van der Waals surface area contributed by atoms with Crippen molar-refractivity contribution in [3.05, 3.63) is 11.8 Å². The summed E-state index contributed by atoms with van der Waals surface area (Å²) in [5.41, 5.74) is 0. The Balaban J connectivity index is 0. The van der Waals surface area contributed by atoms with E-state index in [1.807, 2.05) is 0 Å². The van der Waals surface area contributed by atoms with Crippen molar-refractivity contribution in [2.45, 2.75) is 6.92 Å². The number of carbonyl (C=O) groups excluding carboxylic acids is 1. The predicted octanol–water partition coefficient (Wildman–Crippen LogP) is 0.619. The van der Waals surface area contributed by atoms with Gasteiger partial charge in [0.25, 0.3) is 0 Å². The van der Waals surface area contributed by atoms with E-state index in [1.165, 1.54) is 14.0 Å². The molecule has 0 aliphatic heterocycles. The van der Waals surface area contributed by atoms with Crippen LogP contribution in [0.3, 0.4) is 0 Å². The number of carbonyl (C=O) groups is 1. The Bertz CT molecular complexity index is 115. The molecule has 3 nitrogen and oxygen atoms in total. The zero-order valence-electron chi connectivity index (χ0n) is 5.14. The molecule has 0 aliphatic carbocycles. The fourth-order valence-corrected chi connectivity index (χ4v) is 0.229. The van der Waals surface area contributed by atoms with Crippen molar-refractivity contribution >= 4 is 5.97 Å². The van der Waals surface area contributed by atoms with Crippen LogP contribution in [0.2, 0.25) is 0 Å². The molecule has 1 N–H and O–H groups in total. The van der Waals surface area contributed by atoms with Gasteiger partial charge in [-0.3, -0.25) is 0 Å². The molecule has 0 aliphatic rings. The summed E-state index contributed by atoms with van der Waals surface area (Å²) in [5.74, 6) is -0.582. The molecule has 0 aromatic carbocycles. The molecule has 0 amide bonds. The number of allylic oxidation sites excluding steroid dienone is 1. The van der Waals surface area contributed by atoms with Gasteiger partial charge in [0.05, 0.1) is 18.9 Å². The fraction of sp³-hybridized carbons (Fsp3) is 0.400. The standard InChI is InChI=1S/C5H8O3.Cu/c1-4(6)3-5(7)8-2;/h3,6H,1-2H3;/b4-3-;. The maximum atomic E-state index is 10.2. The Morgan fingerprint density at radius 2 is 2.11 bits per heavy atom. The molecule has 9 heavy (non-hydrogen) atoms. The molecule has 0 atom stereocenters. The van der Waals surface area contributed by atoms with Gasteiger partial charge >= 0.3 is 5.97 Å². The van der Waals surface area contributed by atoms with Crippen LogP contribution in [0.1, 0.15) is 6.92 Å². The Morgan fingerprint density at radius 1 is 1.67 bits per heavy atom. The van der Waals surface area contributed by atoms with Crippen molar-refractivity contribution in [2.75, 3.05) is 7.11 Å². The molecule has 57 valence electrons. The molecule has 1 radical (unpaired) electrons. The average molecular weight is 180 g/mol. The minimum absolute atomic E-state index is 0. The zero-order chi connectivity index (χ0) is 6.57. The maximum Gasteiger partial charge on any atom is 0.333 e. The fourth-order valence-electron chi connectivity index (χ4n) is 0.229. The van der Waals surface area contributed by atoms with E-state index in [4.69, 9.17) is 5.11 Å². The van der Waals surface area contributed by atoms with Crippen LogP contribution in [0.5, 0.6) is 0 Å². The summed E-state index contributed by atoms with van der Waals surface area (Å²) in [5, 5.41) is 8.41. The third-order valence-corrected chi connectivity index (χ3v) is 0.528. The van der Waals surface area contributed by atoms with E-state index in [0.717, 1.165) is 6.08 Å². The first kappa shape index (κ1) is 11.3. The molecule has 0 unspecified atom stereocenters. The smallest absolute Gasteiger partial charge is 0.333 e. The summed E-state index contributed by atoms with van der Waals surface area (Å²) < 4.78 is 4.19. The maximum absolute atomic E-state index is 10.2. The predicted molar refractivity (Wildman–Crippen MR) is 28.4 cm³/mol. The van der Waals surface area contributed by atoms with Gasteiger partial charge in [-0.2, -0.15) is 0 Å².